The van der Waals surface area contributed by atoms with E-state index in [0.717, 1.165) is 5.56 Å². The zero-order valence-corrected chi connectivity index (χ0v) is 9.00. The number of aryl methyl sites for hydroxylation is 1. The van der Waals surface area contributed by atoms with Crippen LogP contribution in [-0.4, -0.2) is 20.2 Å². The molecule has 1 aliphatic heterocycles. The van der Waals surface area contributed by atoms with Crippen molar-refractivity contribution in [2.24, 2.45) is 0 Å². The van der Waals surface area contributed by atoms with Crippen LogP contribution in [0.15, 0.2) is 23.1 Å². The van der Waals surface area contributed by atoms with Gasteiger partial charge in [0.15, 0.2) is 9.84 Å². The van der Waals surface area contributed by atoms with Gasteiger partial charge in [-0.2, -0.15) is 5.26 Å². The molecule has 0 spiro atoms. The smallest absolute Gasteiger partial charge is 0.183 e. The van der Waals surface area contributed by atoms with Gasteiger partial charge in [0.2, 0.25) is 0 Å². The Kier molecular flexibility index (Phi) is 2.16. The Morgan fingerprint density at radius 3 is 2.93 bits per heavy atom. The third kappa shape index (κ3) is 1.57. The highest BCUT2D eigenvalue weighted by atomic mass is 32.2. The first-order valence-electron chi connectivity index (χ1n) is 4.53. The summed E-state index contributed by atoms with van der Waals surface area (Å²) in [4.78, 5) is 0.300. The van der Waals surface area contributed by atoms with Gasteiger partial charge in [-0.15, -0.1) is 0 Å². The lowest BCUT2D eigenvalue weighted by molar-refractivity contribution is 0.591. The summed E-state index contributed by atoms with van der Waals surface area (Å²) < 4.78 is 23.6. The molecule has 15 heavy (non-hydrogen) atoms. The maximum atomic E-state index is 11.8. The summed E-state index contributed by atoms with van der Waals surface area (Å²) in [5.41, 5.74) is 1.41. The monoisotopic (exact) mass is 222 g/mol. The van der Waals surface area contributed by atoms with E-state index in [4.69, 9.17) is 5.26 Å². The standard InChI is InChI=1S/C10H10N2O2S/c1-7-3-2-4-9-10(7)12-8(5-11)6-15(9,13)14/h2-4,8,12H,6H2,1H3. The molecule has 0 bridgehead atoms. The van der Waals surface area contributed by atoms with Crippen molar-refractivity contribution >= 4 is 15.5 Å². The number of nitrogens with one attached hydrogen (secondary N) is 1. The normalized spacial score (nSPS) is 22.3. The summed E-state index contributed by atoms with van der Waals surface area (Å²) in [7, 11) is -3.31. The predicted octanol–water partition coefficient (Wildman–Crippen LogP) is 1.09. The van der Waals surface area contributed by atoms with Crippen LogP contribution in [0.1, 0.15) is 5.56 Å². The van der Waals surface area contributed by atoms with Crippen LogP contribution in [0.5, 0.6) is 0 Å². The van der Waals surface area contributed by atoms with Gasteiger partial charge in [-0.1, -0.05) is 12.1 Å². The number of benzene rings is 1. The van der Waals surface area contributed by atoms with Crippen molar-refractivity contribution in [3.05, 3.63) is 23.8 Å². The zero-order chi connectivity index (χ0) is 11.1. The number of sulfone groups is 1. The van der Waals surface area contributed by atoms with E-state index in [-0.39, 0.29) is 5.75 Å². The maximum Gasteiger partial charge on any atom is 0.183 e. The molecule has 0 saturated heterocycles. The number of para-hydroxylation sites is 1. The molecule has 0 aromatic heterocycles. The molecular formula is C10H10N2O2S. The van der Waals surface area contributed by atoms with Gasteiger partial charge in [0, 0.05) is 0 Å². The summed E-state index contributed by atoms with van der Waals surface area (Å²) in [6.07, 6.45) is 0. The average molecular weight is 222 g/mol. The minimum absolute atomic E-state index is 0.153. The van der Waals surface area contributed by atoms with Gasteiger partial charge in [-0.25, -0.2) is 8.42 Å². The van der Waals surface area contributed by atoms with E-state index >= 15 is 0 Å². The first kappa shape index (κ1) is 9.99. The highest BCUT2D eigenvalue weighted by molar-refractivity contribution is 7.91. The molecule has 4 nitrogen and oxygen atoms in total. The van der Waals surface area contributed by atoms with Crippen molar-refractivity contribution in [1.82, 2.24) is 0 Å². The Labute approximate surface area is 88.5 Å². The van der Waals surface area contributed by atoms with Crippen molar-refractivity contribution in [3.63, 3.8) is 0 Å². The Morgan fingerprint density at radius 2 is 2.27 bits per heavy atom. The van der Waals surface area contributed by atoms with E-state index in [0.29, 0.717) is 10.6 Å². The molecule has 0 aliphatic carbocycles. The lowest BCUT2D eigenvalue weighted by atomic mass is 10.2. The quantitative estimate of drug-likeness (QED) is 0.713. The van der Waals surface area contributed by atoms with Crippen molar-refractivity contribution in [1.29, 1.82) is 5.26 Å². The van der Waals surface area contributed by atoms with Crippen molar-refractivity contribution in [2.45, 2.75) is 17.9 Å². The van der Waals surface area contributed by atoms with Gasteiger partial charge in [0.05, 0.1) is 22.4 Å². The van der Waals surface area contributed by atoms with E-state index in [9.17, 15) is 8.42 Å². The van der Waals surface area contributed by atoms with Crippen LogP contribution in [0.25, 0.3) is 0 Å². The number of hydrogen-bond acceptors (Lipinski definition) is 4. The van der Waals surface area contributed by atoms with Crippen molar-refractivity contribution < 1.29 is 8.42 Å². The summed E-state index contributed by atoms with van der Waals surface area (Å²) in [5, 5.41) is 11.7. The lowest BCUT2D eigenvalue weighted by Gasteiger charge is -2.23. The van der Waals surface area contributed by atoms with Gasteiger partial charge in [0.1, 0.15) is 6.04 Å². The van der Waals surface area contributed by atoms with E-state index in [1.165, 1.54) is 0 Å². The second-order valence-corrected chi connectivity index (χ2v) is 5.56. The fourth-order valence-corrected chi connectivity index (χ4v) is 3.27. The molecule has 1 unspecified atom stereocenters. The SMILES string of the molecule is Cc1cccc2c1NC(C#N)CS2(=O)=O. The Hall–Kier alpha value is -1.54. The molecule has 1 heterocycles. The van der Waals surface area contributed by atoms with Crippen LogP contribution in [0.2, 0.25) is 0 Å². The second-order valence-electron chi connectivity index (χ2n) is 3.56. The Morgan fingerprint density at radius 1 is 1.53 bits per heavy atom. The highest BCUT2D eigenvalue weighted by Crippen LogP contribution is 2.30. The minimum atomic E-state index is -3.31. The molecule has 0 fully saturated rings. The summed E-state index contributed by atoms with van der Waals surface area (Å²) in [5.74, 6) is -0.153. The summed E-state index contributed by atoms with van der Waals surface area (Å²) in [6, 6.07) is 6.38. The minimum Gasteiger partial charge on any atom is -0.368 e. The number of anilines is 1. The molecule has 1 N–H and O–H groups in total. The molecule has 1 aromatic carbocycles. The van der Waals surface area contributed by atoms with Crippen LogP contribution in [0.3, 0.4) is 0 Å². The Balaban J connectivity index is 2.67. The maximum absolute atomic E-state index is 11.8. The third-order valence-electron chi connectivity index (χ3n) is 2.43. The van der Waals surface area contributed by atoms with E-state index < -0.39 is 15.9 Å². The summed E-state index contributed by atoms with van der Waals surface area (Å²) in [6.45, 7) is 1.82. The van der Waals surface area contributed by atoms with Crippen LogP contribution in [0, 0.1) is 18.3 Å². The van der Waals surface area contributed by atoms with Crippen molar-refractivity contribution in [2.75, 3.05) is 11.1 Å². The zero-order valence-electron chi connectivity index (χ0n) is 8.19. The molecule has 5 heteroatoms. The molecule has 1 aromatic rings. The molecule has 0 radical (unpaired) electrons. The van der Waals surface area contributed by atoms with Gasteiger partial charge < -0.3 is 5.32 Å². The molecule has 0 saturated carbocycles. The second kappa shape index (κ2) is 3.24. The van der Waals surface area contributed by atoms with Gasteiger partial charge >= 0.3 is 0 Å². The third-order valence-corrected chi connectivity index (χ3v) is 4.21. The number of nitriles is 1. The van der Waals surface area contributed by atoms with Crippen LogP contribution < -0.4 is 5.32 Å². The van der Waals surface area contributed by atoms with Crippen LogP contribution in [0.4, 0.5) is 5.69 Å². The molecule has 2 rings (SSSR count). The van der Waals surface area contributed by atoms with Gasteiger partial charge in [0.25, 0.3) is 0 Å². The molecular weight excluding hydrogens is 212 g/mol. The number of rotatable bonds is 0. The first-order chi connectivity index (χ1) is 7.04. The summed E-state index contributed by atoms with van der Waals surface area (Å²) >= 11 is 0. The molecule has 1 aliphatic rings. The topological polar surface area (TPSA) is 70.0 Å². The van der Waals surface area contributed by atoms with Crippen LogP contribution in [-0.2, 0) is 9.84 Å². The number of hydrogen-bond donors (Lipinski definition) is 1. The largest absolute Gasteiger partial charge is 0.368 e. The van der Waals surface area contributed by atoms with Crippen molar-refractivity contribution in [3.8, 4) is 6.07 Å². The predicted molar refractivity (Wildman–Crippen MR) is 56.3 cm³/mol. The molecule has 78 valence electrons. The fourth-order valence-electron chi connectivity index (χ4n) is 1.68. The van der Waals surface area contributed by atoms with E-state index in [1.807, 2.05) is 19.1 Å². The molecule has 1 atom stereocenters. The number of fused-ring (bicyclic) bond motifs is 1. The van der Waals surface area contributed by atoms with E-state index in [2.05, 4.69) is 5.32 Å². The first-order valence-corrected chi connectivity index (χ1v) is 6.18. The average Bonchev–Trinajstić information content (AvgIpc) is 2.18. The van der Waals surface area contributed by atoms with Gasteiger partial charge in [-0.05, 0) is 18.6 Å². The highest BCUT2D eigenvalue weighted by Gasteiger charge is 2.30. The Bertz CT molecular complexity index is 543. The van der Waals surface area contributed by atoms with E-state index in [1.54, 1.807) is 12.1 Å². The fraction of sp³-hybridized carbons (Fsp3) is 0.300. The number of nitrogens with zero attached hydrogens (tertiary/aromatic N) is 1. The van der Waals surface area contributed by atoms with Crippen LogP contribution >= 0.6 is 0 Å². The lowest BCUT2D eigenvalue weighted by Crippen LogP contribution is -2.33. The van der Waals surface area contributed by atoms with Gasteiger partial charge in [-0.3, -0.25) is 0 Å². The molecule has 0 amide bonds.